The summed E-state index contributed by atoms with van der Waals surface area (Å²) in [5.41, 5.74) is 1.08. The maximum absolute atomic E-state index is 12.6. The SMILES string of the molecule is N#CCOc1ccc(/C=C/C(=O)OCC(=O)Nc2ccc(S(=O)(=O)N3CCOCC3)cc2)cc1. The van der Waals surface area contributed by atoms with E-state index in [-0.39, 0.29) is 11.5 Å². The molecule has 34 heavy (non-hydrogen) atoms. The Balaban J connectivity index is 1.45. The first kappa shape index (κ1) is 24.9. The fraction of sp³-hybridized carbons (Fsp3) is 0.261. The summed E-state index contributed by atoms with van der Waals surface area (Å²) >= 11 is 0. The van der Waals surface area contributed by atoms with Gasteiger partial charge in [0.15, 0.2) is 13.2 Å². The molecule has 1 heterocycles. The standard InChI is InChI=1S/C23H23N3O7S/c24-11-14-32-20-6-1-18(2-7-20)3-10-23(28)33-17-22(27)25-19-4-8-21(9-5-19)34(29,30)26-12-15-31-16-13-26/h1-10H,12-17H2,(H,25,27)/b10-3+. The number of nitrogens with one attached hydrogen (secondary N) is 1. The lowest BCUT2D eigenvalue weighted by Gasteiger charge is -2.26. The highest BCUT2D eigenvalue weighted by Gasteiger charge is 2.26. The molecule has 1 saturated heterocycles. The van der Waals surface area contributed by atoms with Crippen LogP contribution in [0.2, 0.25) is 0 Å². The monoisotopic (exact) mass is 485 g/mol. The van der Waals surface area contributed by atoms with Crippen LogP contribution in [0.3, 0.4) is 0 Å². The first-order valence-electron chi connectivity index (χ1n) is 10.3. The van der Waals surface area contributed by atoms with Gasteiger partial charge in [-0.3, -0.25) is 4.79 Å². The van der Waals surface area contributed by atoms with Crippen molar-refractivity contribution in [2.75, 3.05) is 44.8 Å². The number of carbonyl (C=O) groups excluding carboxylic acids is 2. The Morgan fingerprint density at radius 1 is 1.09 bits per heavy atom. The first-order chi connectivity index (χ1) is 16.4. The Bertz CT molecular complexity index is 1160. The zero-order valence-corrected chi connectivity index (χ0v) is 19.0. The molecule has 178 valence electrons. The molecule has 11 heteroatoms. The van der Waals surface area contributed by atoms with Crippen LogP contribution >= 0.6 is 0 Å². The molecule has 0 aliphatic carbocycles. The van der Waals surface area contributed by atoms with E-state index >= 15 is 0 Å². The van der Waals surface area contributed by atoms with E-state index in [0.717, 1.165) is 0 Å². The van der Waals surface area contributed by atoms with Gasteiger partial charge in [0.2, 0.25) is 10.0 Å². The third-order valence-electron chi connectivity index (χ3n) is 4.69. The van der Waals surface area contributed by atoms with Crippen molar-refractivity contribution in [1.82, 2.24) is 4.31 Å². The number of ether oxygens (including phenoxy) is 3. The van der Waals surface area contributed by atoms with Gasteiger partial charge in [0.05, 0.1) is 18.1 Å². The number of anilines is 1. The number of carbonyl (C=O) groups is 2. The molecule has 3 rings (SSSR count). The predicted octanol–water partition coefficient (Wildman–Crippen LogP) is 1.80. The highest BCUT2D eigenvalue weighted by atomic mass is 32.2. The van der Waals surface area contributed by atoms with E-state index in [4.69, 9.17) is 19.5 Å². The van der Waals surface area contributed by atoms with E-state index in [9.17, 15) is 18.0 Å². The molecule has 0 atom stereocenters. The van der Waals surface area contributed by atoms with Crippen LogP contribution in [-0.2, 0) is 29.1 Å². The topological polar surface area (TPSA) is 135 Å². The fourth-order valence-corrected chi connectivity index (χ4v) is 4.39. The van der Waals surface area contributed by atoms with Gasteiger partial charge in [-0.05, 0) is 48.0 Å². The molecule has 1 fully saturated rings. The number of hydrogen-bond acceptors (Lipinski definition) is 8. The number of benzene rings is 2. The fourth-order valence-electron chi connectivity index (χ4n) is 2.98. The van der Waals surface area contributed by atoms with E-state index in [2.05, 4.69) is 5.32 Å². The molecule has 1 amide bonds. The molecule has 0 radical (unpaired) electrons. The molecule has 0 aromatic heterocycles. The molecule has 10 nitrogen and oxygen atoms in total. The average Bonchev–Trinajstić information content (AvgIpc) is 2.86. The number of esters is 1. The molecular formula is C23H23N3O7S. The van der Waals surface area contributed by atoms with E-state index < -0.39 is 28.5 Å². The summed E-state index contributed by atoms with van der Waals surface area (Å²) in [5, 5.41) is 11.0. The molecule has 2 aromatic rings. The number of amides is 1. The van der Waals surface area contributed by atoms with Crippen molar-refractivity contribution >= 4 is 33.7 Å². The highest BCUT2D eigenvalue weighted by molar-refractivity contribution is 7.89. The van der Waals surface area contributed by atoms with Crippen LogP contribution in [0.5, 0.6) is 5.75 Å². The van der Waals surface area contributed by atoms with Crippen molar-refractivity contribution in [1.29, 1.82) is 5.26 Å². The second kappa shape index (κ2) is 11.9. The van der Waals surface area contributed by atoms with E-state index in [1.54, 1.807) is 24.3 Å². The van der Waals surface area contributed by atoms with E-state index in [1.807, 2.05) is 6.07 Å². The van der Waals surface area contributed by atoms with Crippen LogP contribution in [0, 0.1) is 11.3 Å². The van der Waals surface area contributed by atoms with Gasteiger partial charge in [0.25, 0.3) is 5.91 Å². The van der Waals surface area contributed by atoms with Crippen LogP contribution in [-0.4, -0.2) is 64.1 Å². The summed E-state index contributed by atoms with van der Waals surface area (Å²) in [5.74, 6) is -0.735. The molecule has 1 N–H and O–H groups in total. The molecular weight excluding hydrogens is 462 g/mol. The zero-order chi connectivity index (χ0) is 24.4. The number of nitrogens with zero attached hydrogens (tertiary/aromatic N) is 2. The van der Waals surface area contributed by atoms with Gasteiger partial charge >= 0.3 is 5.97 Å². The normalized spacial score (nSPS) is 14.3. The molecule has 1 aliphatic heterocycles. The van der Waals surface area contributed by atoms with Crippen molar-refractivity contribution in [3.63, 3.8) is 0 Å². The summed E-state index contributed by atoms with van der Waals surface area (Å²) in [4.78, 5) is 24.0. The minimum atomic E-state index is -3.62. The van der Waals surface area contributed by atoms with Crippen LogP contribution in [0.15, 0.2) is 59.5 Å². The molecule has 1 aliphatic rings. The van der Waals surface area contributed by atoms with Crippen LogP contribution in [0.25, 0.3) is 6.08 Å². The number of sulfonamides is 1. The lowest BCUT2D eigenvalue weighted by molar-refractivity contribution is -0.142. The Hall–Kier alpha value is -3.72. The van der Waals surface area contributed by atoms with Crippen LogP contribution < -0.4 is 10.1 Å². The van der Waals surface area contributed by atoms with Crippen LogP contribution in [0.4, 0.5) is 5.69 Å². The van der Waals surface area contributed by atoms with Gasteiger partial charge in [-0.15, -0.1) is 0 Å². The van der Waals surface area contributed by atoms with Gasteiger partial charge < -0.3 is 19.5 Å². The Morgan fingerprint density at radius 2 is 1.76 bits per heavy atom. The third-order valence-corrected chi connectivity index (χ3v) is 6.60. The first-order valence-corrected chi connectivity index (χ1v) is 11.7. The molecule has 0 saturated carbocycles. The van der Waals surface area contributed by atoms with Gasteiger partial charge in [-0.1, -0.05) is 12.1 Å². The average molecular weight is 486 g/mol. The minimum Gasteiger partial charge on any atom is -0.479 e. The summed E-state index contributed by atoms with van der Waals surface area (Å²) < 4.78 is 41.8. The van der Waals surface area contributed by atoms with Gasteiger partial charge in [0, 0.05) is 24.9 Å². The van der Waals surface area contributed by atoms with E-state index in [1.165, 1.54) is 40.7 Å². The second-order valence-corrected chi connectivity index (χ2v) is 8.98. The smallest absolute Gasteiger partial charge is 0.331 e. The zero-order valence-electron chi connectivity index (χ0n) is 18.2. The lowest BCUT2D eigenvalue weighted by atomic mass is 10.2. The van der Waals surface area contributed by atoms with Crippen molar-refractivity contribution < 1.29 is 32.2 Å². The Morgan fingerprint density at radius 3 is 2.41 bits per heavy atom. The molecule has 0 bridgehead atoms. The number of rotatable bonds is 9. The van der Waals surface area contributed by atoms with E-state index in [0.29, 0.717) is 43.3 Å². The predicted molar refractivity (Wildman–Crippen MR) is 122 cm³/mol. The minimum absolute atomic E-state index is 0.0543. The van der Waals surface area contributed by atoms with Gasteiger partial charge in [0.1, 0.15) is 11.8 Å². The third kappa shape index (κ3) is 7.14. The van der Waals surface area contributed by atoms with Crippen molar-refractivity contribution in [3.8, 4) is 11.8 Å². The molecule has 2 aromatic carbocycles. The van der Waals surface area contributed by atoms with Crippen molar-refractivity contribution in [2.24, 2.45) is 0 Å². The Kier molecular flexibility index (Phi) is 8.75. The summed E-state index contributed by atoms with van der Waals surface area (Å²) in [7, 11) is -3.62. The van der Waals surface area contributed by atoms with Gasteiger partial charge in [-0.2, -0.15) is 9.57 Å². The maximum atomic E-state index is 12.6. The Labute approximate surface area is 197 Å². The van der Waals surface area contributed by atoms with Gasteiger partial charge in [-0.25, -0.2) is 13.2 Å². The number of nitriles is 1. The quantitative estimate of drug-likeness (QED) is 0.420. The summed E-state index contributed by atoms with van der Waals surface area (Å²) in [6.07, 6.45) is 2.70. The number of morpholine rings is 1. The largest absolute Gasteiger partial charge is 0.479 e. The van der Waals surface area contributed by atoms with Crippen molar-refractivity contribution in [2.45, 2.75) is 4.90 Å². The highest BCUT2D eigenvalue weighted by Crippen LogP contribution is 2.19. The lowest BCUT2D eigenvalue weighted by Crippen LogP contribution is -2.40. The molecule has 0 spiro atoms. The van der Waals surface area contributed by atoms with Crippen LogP contribution in [0.1, 0.15) is 5.56 Å². The summed E-state index contributed by atoms with van der Waals surface area (Å²) in [6.45, 7) is 0.738. The maximum Gasteiger partial charge on any atom is 0.331 e. The molecule has 0 unspecified atom stereocenters. The number of hydrogen-bond donors (Lipinski definition) is 1. The van der Waals surface area contributed by atoms with Crippen molar-refractivity contribution in [3.05, 3.63) is 60.2 Å². The second-order valence-electron chi connectivity index (χ2n) is 7.05. The summed E-state index contributed by atoms with van der Waals surface area (Å²) in [6, 6.07) is 14.3.